The van der Waals surface area contributed by atoms with Crippen LogP contribution in [0.1, 0.15) is 22.7 Å². The van der Waals surface area contributed by atoms with Crippen LogP contribution in [0.15, 0.2) is 173 Å². The first-order valence-corrected chi connectivity index (χ1v) is 16.3. The van der Waals surface area contributed by atoms with Gasteiger partial charge in [0.15, 0.2) is 5.58 Å². The van der Waals surface area contributed by atoms with Crippen molar-refractivity contribution in [2.75, 3.05) is 5.32 Å². The molecule has 3 heterocycles. The summed E-state index contributed by atoms with van der Waals surface area (Å²) in [7, 11) is 0. The van der Waals surface area contributed by atoms with Gasteiger partial charge < -0.3 is 14.3 Å². The minimum Gasteiger partial charge on any atom is -0.454 e. The van der Waals surface area contributed by atoms with Crippen LogP contribution in [0.5, 0.6) is 0 Å². The van der Waals surface area contributed by atoms with Crippen LogP contribution in [0.25, 0.3) is 60.6 Å². The summed E-state index contributed by atoms with van der Waals surface area (Å²) in [5, 5.41) is 8.20. The second-order valence-electron chi connectivity index (χ2n) is 12.4. The van der Waals surface area contributed by atoms with Crippen molar-refractivity contribution in [1.82, 2.24) is 4.57 Å². The summed E-state index contributed by atoms with van der Waals surface area (Å²) in [6, 6.07) is 57.5. The van der Waals surface area contributed by atoms with Gasteiger partial charge in [-0.1, -0.05) is 127 Å². The lowest BCUT2D eigenvalue weighted by Gasteiger charge is -2.26. The normalized spacial score (nSPS) is 14.3. The second kappa shape index (κ2) is 10.6. The average molecular weight is 616 g/mol. The third-order valence-corrected chi connectivity index (χ3v) is 9.66. The molecule has 4 heteroatoms. The lowest BCUT2D eigenvalue weighted by molar-refractivity contribution is 0.666. The van der Waals surface area contributed by atoms with Crippen LogP contribution in [-0.4, -0.2) is 10.4 Å². The highest BCUT2D eigenvalue weighted by Gasteiger charge is 2.27. The van der Waals surface area contributed by atoms with Crippen LogP contribution in [0, 0.1) is 0 Å². The molecule has 4 nitrogen and oxygen atoms in total. The maximum Gasteiger partial charge on any atom is 0.159 e. The van der Waals surface area contributed by atoms with E-state index in [9.17, 15) is 0 Å². The van der Waals surface area contributed by atoms with Gasteiger partial charge in [-0.05, 0) is 53.1 Å². The van der Waals surface area contributed by atoms with E-state index in [1.165, 1.54) is 21.9 Å². The lowest BCUT2D eigenvalue weighted by Crippen LogP contribution is -2.22. The van der Waals surface area contributed by atoms with Gasteiger partial charge in [0.1, 0.15) is 17.5 Å². The number of nitrogens with one attached hydrogen (secondary N) is 1. The Bertz CT molecular complexity index is 2700. The summed E-state index contributed by atoms with van der Waals surface area (Å²) in [4.78, 5) is 5.35. The van der Waals surface area contributed by atoms with Crippen LogP contribution in [0.2, 0.25) is 0 Å². The molecular weight excluding hydrogens is 587 g/mol. The Morgan fingerprint density at radius 3 is 2.08 bits per heavy atom. The van der Waals surface area contributed by atoms with E-state index in [1.807, 2.05) is 6.07 Å². The Balaban J connectivity index is 1.21. The standard InChI is InChI=1S/C44H29N3O/c1-3-13-28(14-4-1)30-25-26-38-35(27-30)31-17-8-10-22-37(31)47(38)39-23-11-20-34-41-33(19-12-24-40(41)48-43(34)39)42-32-18-7-9-21-36(32)45-44(46-42)29-15-5-2-6-16-29/h1-27,42H,(H,45,46). The molecule has 226 valence electrons. The summed E-state index contributed by atoms with van der Waals surface area (Å²) in [5.74, 6) is 0.866. The molecule has 0 saturated heterocycles. The number of aromatic nitrogens is 1. The molecule has 1 unspecified atom stereocenters. The zero-order chi connectivity index (χ0) is 31.6. The third kappa shape index (κ3) is 4.06. The van der Waals surface area contributed by atoms with Crippen molar-refractivity contribution >= 4 is 55.3 Å². The first-order valence-electron chi connectivity index (χ1n) is 16.3. The first kappa shape index (κ1) is 26.8. The van der Waals surface area contributed by atoms with Crippen LogP contribution in [0.3, 0.4) is 0 Å². The number of rotatable bonds is 4. The maximum absolute atomic E-state index is 6.84. The Morgan fingerprint density at radius 1 is 0.521 bits per heavy atom. The number of furan rings is 1. The van der Waals surface area contributed by atoms with Crippen molar-refractivity contribution in [3.8, 4) is 16.8 Å². The number of benzene rings is 7. The van der Waals surface area contributed by atoms with Gasteiger partial charge in [0.25, 0.3) is 0 Å². The number of hydrogen-bond acceptors (Lipinski definition) is 3. The van der Waals surface area contributed by atoms with Gasteiger partial charge in [-0.2, -0.15) is 0 Å². The molecule has 1 aliphatic rings. The average Bonchev–Trinajstić information content (AvgIpc) is 3.71. The molecule has 10 rings (SSSR count). The first-order chi connectivity index (χ1) is 23.8. The Hall–Kier alpha value is -6.39. The largest absolute Gasteiger partial charge is 0.454 e. The molecule has 2 aromatic heterocycles. The minimum absolute atomic E-state index is 0.199. The quantitative estimate of drug-likeness (QED) is 0.214. The summed E-state index contributed by atoms with van der Waals surface area (Å²) in [6.45, 7) is 0. The zero-order valence-electron chi connectivity index (χ0n) is 26.0. The smallest absolute Gasteiger partial charge is 0.159 e. The van der Waals surface area contributed by atoms with Crippen molar-refractivity contribution in [1.29, 1.82) is 0 Å². The van der Waals surface area contributed by atoms with E-state index in [0.29, 0.717) is 0 Å². The van der Waals surface area contributed by atoms with E-state index in [0.717, 1.165) is 66.9 Å². The van der Waals surface area contributed by atoms with E-state index in [4.69, 9.17) is 9.41 Å². The van der Waals surface area contributed by atoms with Crippen LogP contribution in [-0.2, 0) is 0 Å². The van der Waals surface area contributed by atoms with Crippen molar-refractivity contribution in [2.45, 2.75) is 6.04 Å². The summed E-state index contributed by atoms with van der Waals surface area (Å²) in [5.41, 5.74) is 11.9. The molecule has 0 bridgehead atoms. The summed E-state index contributed by atoms with van der Waals surface area (Å²) in [6.07, 6.45) is 0. The number of para-hydroxylation sites is 3. The van der Waals surface area contributed by atoms with Gasteiger partial charge in [-0.15, -0.1) is 0 Å². The molecule has 0 radical (unpaired) electrons. The molecule has 9 aromatic rings. The molecule has 0 saturated carbocycles. The van der Waals surface area contributed by atoms with Gasteiger partial charge in [-0.3, -0.25) is 4.99 Å². The van der Waals surface area contributed by atoms with Crippen molar-refractivity contribution in [3.05, 3.63) is 180 Å². The number of anilines is 1. The topological polar surface area (TPSA) is 42.5 Å². The number of hydrogen-bond donors (Lipinski definition) is 1. The van der Waals surface area contributed by atoms with Gasteiger partial charge >= 0.3 is 0 Å². The van der Waals surface area contributed by atoms with Crippen molar-refractivity contribution in [3.63, 3.8) is 0 Å². The van der Waals surface area contributed by atoms with E-state index in [2.05, 4.69) is 168 Å². The Morgan fingerprint density at radius 2 is 1.21 bits per heavy atom. The van der Waals surface area contributed by atoms with Crippen LogP contribution >= 0.6 is 0 Å². The predicted octanol–water partition coefficient (Wildman–Crippen LogP) is 11.3. The molecule has 1 aliphatic heterocycles. The highest BCUT2D eigenvalue weighted by molar-refractivity contribution is 6.15. The summed E-state index contributed by atoms with van der Waals surface area (Å²) >= 11 is 0. The number of nitrogens with zero attached hydrogens (tertiary/aromatic N) is 2. The van der Waals surface area contributed by atoms with Crippen molar-refractivity contribution < 1.29 is 4.42 Å². The Kier molecular flexibility index (Phi) is 5.90. The lowest BCUT2D eigenvalue weighted by atomic mass is 9.92. The van der Waals surface area contributed by atoms with Crippen LogP contribution in [0.4, 0.5) is 5.69 Å². The molecule has 0 fully saturated rings. The van der Waals surface area contributed by atoms with Crippen molar-refractivity contribution in [2.24, 2.45) is 4.99 Å². The second-order valence-corrected chi connectivity index (χ2v) is 12.4. The molecule has 0 aliphatic carbocycles. The molecule has 1 atom stereocenters. The van der Waals surface area contributed by atoms with E-state index in [-0.39, 0.29) is 6.04 Å². The molecular formula is C44H29N3O. The van der Waals surface area contributed by atoms with Crippen LogP contribution < -0.4 is 5.32 Å². The summed E-state index contributed by atoms with van der Waals surface area (Å²) < 4.78 is 9.20. The SMILES string of the molecule is c1ccc(C2=NC(c3cccc4oc5c(-n6c7ccccc7c7cc(-c8ccccc8)ccc76)cccc5c34)c3ccccc3N2)cc1. The third-order valence-electron chi connectivity index (χ3n) is 9.66. The number of amidine groups is 1. The fourth-order valence-corrected chi connectivity index (χ4v) is 7.49. The number of fused-ring (bicyclic) bond motifs is 7. The van der Waals surface area contributed by atoms with E-state index < -0.39 is 0 Å². The van der Waals surface area contributed by atoms with Gasteiger partial charge in [0, 0.05) is 38.4 Å². The molecule has 0 spiro atoms. The fourth-order valence-electron chi connectivity index (χ4n) is 7.49. The molecule has 7 aromatic carbocycles. The zero-order valence-corrected chi connectivity index (χ0v) is 26.0. The van der Waals surface area contributed by atoms with Gasteiger partial charge in [0.2, 0.25) is 0 Å². The predicted molar refractivity (Wildman–Crippen MR) is 198 cm³/mol. The van der Waals surface area contributed by atoms with Gasteiger partial charge in [-0.25, -0.2) is 0 Å². The molecule has 0 amide bonds. The molecule has 1 N–H and O–H groups in total. The van der Waals surface area contributed by atoms with Gasteiger partial charge in [0.05, 0.1) is 16.7 Å². The Labute approximate surface area is 277 Å². The minimum atomic E-state index is -0.199. The molecule has 48 heavy (non-hydrogen) atoms. The monoisotopic (exact) mass is 615 g/mol. The van der Waals surface area contributed by atoms with E-state index >= 15 is 0 Å². The van der Waals surface area contributed by atoms with E-state index in [1.54, 1.807) is 0 Å². The highest BCUT2D eigenvalue weighted by Crippen LogP contribution is 2.44. The fraction of sp³-hybridized carbons (Fsp3) is 0.0227. The highest BCUT2D eigenvalue weighted by atomic mass is 16.3. The number of aliphatic imine (C=N–C) groups is 1. The maximum atomic E-state index is 6.84.